The Balaban J connectivity index is 1.09. The van der Waals surface area contributed by atoms with Crippen LogP contribution in [0.5, 0.6) is 0 Å². The fourth-order valence-corrected chi connectivity index (χ4v) is 4.55. The largest absolute Gasteiger partial charge is 0.435 e. The lowest BCUT2D eigenvalue weighted by Gasteiger charge is -2.30. The number of rotatable bonds is 8. The van der Waals surface area contributed by atoms with Crippen molar-refractivity contribution in [1.82, 2.24) is 35.1 Å². The second-order valence-corrected chi connectivity index (χ2v) is 9.38. The summed E-state index contributed by atoms with van der Waals surface area (Å²) in [6.45, 7) is 1.09. The number of hydrogen-bond acceptors (Lipinski definition) is 7. The van der Waals surface area contributed by atoms with Crippen LogP contribution in [0.15, 0.2) is 65.6 Å². The monoisotopic (exact) mass is 553 g/mol. The summed E-state index contributed by atoms with van der Waals surface area (Å²) in [4.78, 5) is 35.5. The first-order chi connectivity index (χ1) is 19.3. The van der Waals surface area contributed by atoms with Gasteiger partial charge in [0.25, 0.3) is 5.91 Å². The first-order valence-corrected chi connectivity index (χ1v) is 12.8. The zero-order chi connectivity index (χ0) is 28.1. The van der Waals surface area contributed by atoms with Crippen LogP contribution in [0.25, 0.3) is 17.1 Å². The second kappa shape index (κ2) is 11.7. The number of alkyl halides is 3. The fraction of sp³-hybridized carbons (Fsp3) is 0.333. The number of aromatic nitrogens is 5. The molecule has 1 saturated heterocycles. The van der Waals surface area contributed by atoms with Crippen molar-refractivity contribution in [2.45, 2.75) is 37.8 Å². The van der Waals surface area contributed by atoms with Gasteiger partial charge in [0.15, 0.2) is 5.69 Å². The van der Waals surface area contributed by atoms with Crippen LogP contribution < -0.4 is 5.32 Å². The summed E-state index contributed by atoms with van der Waals surface area (Å²) in [6.07, 6.45) is 1.37. The van der Waals surface area contributed by atoms with Gasteiger partial charge in [0.05, 0.1) is 11.3 Å². The van der Waals surface area contributed by atoms with Crippen LogP contribution in [-0.2, 0) is 11.0 Å². The molecule has 0 spiro atoms. The molecule has 40 heavy (non-hydrogen) atoms. The Morgan fingerprint density at radius 3 is 2.55 bits per heavy atom. The third-order valence-corrected chi connectivity index (χ3v) is 6.66. The van der Waals surface area contributed by atoms with Crippen LogP contribution in [0, 0.1) is 0 Å². The topological polar surface area (TPSA) is 119 Å². The van der Waals surface area contributed by atoms with Crippen molar-refractivity contribution in [2.75, 3.05) is 19.6 Å². The lowest BCUT2D eigenvalue weighted by Crippen LogP contribution is -2.38. The van der Waals surface area contributed by atoms with Gasteiger partial charge in [0.1, 0.15) is 0 Å². The lowest BCUT2D eigenvalue weighted by molar-refractivity contribution is -0.141. The number of amides is 2. The molecule has 0 unspecified atom stereocenters. The molecule has 3 aromatic heterocycles. The molecule has 1 aliphatic heterocycles. The van der Waals surface area contributed by atoms with Gasteiger partial charge < -0.3 is 14.7 Å². The van der Waals surface area contributed by atoms with Gasteiger partial charge in [0.2, 0.25) is 17.6 Å². The highest BCUT2D eigenvalue weighted by Gasteiger charge is 2.39. The van der Waals surface area contributed by atoms with Crippen molar-refractivity contribution in [1.29, 1.82) is 0 Å². The van der Waals surface area contributed by atoms with E-state index in [-0.39, 0.29) is 31.2 Å². The van der Waals surface area contributed by atoms with Gasteiger partial charge >= 0.3 is 6.18 Å². The molecule has 1 aliphatic rings. The second-order valence-electron chi connectivity index (χ2n) is 9.38. The zero-order valence-corrected chi connectivity index (χ0v) is 21.3. The van der Waals surface area contributed by atoms with Gasteiger partial charge in [-0.2, -0.15) is 23.3 Å². The summed E-state index contributed by atoms with van der Waals surface area (Å²) < 4.78 is 47.1. The minimum atomic E-state index is -4.80. The van der Waals surface area contributed by atoms with Crippen molar-refractivity contribution in [2.24, 2.45) is 0 Å². The van der Waals surface area contributed by atoms with Gasteiger partial charge in [-0.05, 0) is 43.5 Å². The van der Waals surface area contributed by atoms with E-state index in [0.29, 0.717) is 43.3 Å². The summed E-state index contributed by atoms with van der Waals surface area (Å²) in [7, 11) is 0. The number of nitrogens with one attached hydrogen (secondary N) is 1. The number of carbonyl (C=O) groups is 2. The molecule has 5 rings (SSSR count). The molecule has 13 heteroatoms. The molecule has 1 N–H and O–H groups in total. The van der Waals surface area contributed by atoms with Crippen molar-refractivity contribution < 1.29 is 27.3 Å². The highest BCUT2D eigenvalue weighted by molar-refractivity contribution is 5.95. The van der Waals surface area contributed by atoms with E-state index in [0.717, 1.165) is 16.4 Å². The molecular weight excluding hydrogens is 527 g/mol. The molecule has 4 aromatic rings. The summed E-state index contributed by atoms with van der Waals surface area (Å²) >= 11 is 0. The number of nitrogens with zero attached hydrogens (tertiary/aromatic N) is 6. The molecule has 0 bridgehead atoms. The maximum Gasteiger partial charge on any atom is 0.435 e. The minimum absolute atomic E-state index is 0.0425. The summed E-state index contributed by atoms with van der Waals surface area (Å²) in [5.74, 6) is 0.0666. The lowest BCUT2D eigenvalue weighted by atomic mass is 9.96. The number of pyridine rings is 1. The van der Waals surface area contributed by atoms with Crippen LogP contribution in [0.1, 0.15) is 53.5 Å². The van der Waals surface area contributed by atoms with E-state index in [4.69, 9.17) is 4.52 Å². The average molecular weight is 554 g/mol. The molecule has 4 heterocycles. The van der Waals surface area contributed by atoms with Crippen LogP contribution in [0.3, 0.4) is 0 Å². The molecule has 208 valence electrons. The van der Waals surface area contributed by atoms with Gasteiger partial charge in [-0.15, -0.1) is 0 Å². The molecular formula is C27H26F3N7O3. The maximum atomic E-state index is 13.5. The summed E-state index contributed by atoms with van der Waals surface area (Å²) in [6, 6.07) is 11.9. The summed E-state index contributed by atoms with van der Waals surface area (Å²) in [5.41, 5.74) is -0.676. The average Bonchev–Trinajstić information content (AvgIpc) is 3.65. The van der Waals surface area contributed by atoms with Crippen molar-refractivity contribution in [3.05, 3.63) is 78.2 Å². The third-order valence-electron chi connectivity index (χ3n) is 6.66. The van der Waals surface area contributed by atoms with E-state index < -0.39 is 23.3 Å². The Morgan fingerprint density at radius 1 is 1.07 bits per heavy atom. The number of benzene rings is 1. The number of halogens is 3. The van der Waals surface area contributed by atoms with Crippen LogP contribution in [-0.4, -0.2) is 61.3 Å². The Bertz CT molecular complexity index is 1450. The molecule has 1 fully saturated rings. The van der Waals surface area contributed by atoms with Crippen LogP contribution >= 0.6 is 0 Å². The highest BCUT2D eigenvalue weighted by atomic mass is 19.4. The Morgan fingerprint density at radius 2 is 1.85 bits per heavy atom. The van der Waals surface area contributed by atoms with E-state index in [1.165, 1.54) is 0 Å². The number of carbonyl (C=O) groups excluding carboxylic acids is 2. The molecule has 0 atom stereocenters. The Kier molecular flexibility index (Phi) is 7.89. The van der Waals surface area contributed by atoms with Crippen molar-refractivity contribution in [3.63, 3.8) is 0 Å². The van der Waals surface area contributed by atoms with E-state index in [2.05, 4.69) is 25.5 Å². The Labute approximate surface area is 227 Å². The normalized spacial score (nSPS) is 14.3. The van der Waals surface area contributed by atoms with E-state index in [9.17, 15) is 22.8 Å². The van der Waals surface area contributed by atoms with E-state index >= 15 is 0 Å². The van der Waals surface area contributed by atoms with Gasteiger partial charge in [-0.25, -0.2) is 4.68 Å². The quantitative estimate of drug-likeness (QED) is 0.324. The predicted molar refractivity (Wildman–Crippen MR) is 136 cm³/mol. The molecule has 2 amide bonds. The van der Waals surface area contributed by atoms with Gasteiger partial charge in [-0.3, -0.25) is 14.6 Å². The number of likely N-dealkylation sites (tertiary alicyclic amines) is 1. The Hall–Kier alpha value is -4.55. The van der Waals surface area contributed by atoms with Crippen molar-refractivity contribution >= 4 is 11.8 Å². The molecule has 0 aliphatic carbocycles. The molecule has 0 radical (unpaired) electrons. The SMILES string of the molecule is O=C(NCCCC(=O)N1CCC(c2nc(-c3cccnc3)no2)CC1)c1cn(-c2ccccc2)nc1C(F)(F)F. The number of piperidine rings is 1. The molecule has 0 saturated carbocycles. The standard InChI is InChI=1S/C27H26F3N7O3/c28-27(29,30)23-21(17-37(34-23)20-7-2-1-3-8-20)25(39)32-13-5-9-22(38)36-14-10-18(11-15-36)26-33-24(35-40-26)19-6-4-12-31-16-19/h1-4,6-8,12,16-18H,5,9-11,13-15H2,(H,32,39). The third kappa shape index (κ3) is 6.19. The fourth-order valence-electron chi connectivity index (χ4n) is 4.55. The highest BCUT2D eigenvalue weighted by Crippen LogP contribution is 2.32. The van der Waals surface area contributed by atoms with Crippen LogP contribution in [0.2, 0.25) is 0 Å². The first-order valence-electron chi connectivity index (χ1n) is 12.8. The van der Waals surface area contributed by atoms with Gasteiger partial charge in [0, 0.05) is 56.1 Å². The molecule has 1 aromatic carbocycles. The summed E-state index contributed by atoms with van der Waals surface area (Å²) in [5, 5.41) is 10.1. The maximum absolute atomic E-state index is 13.5. The minimum Gasteiger partial charge on any atom is -0.352 e. The number of para-hydroxylation sites is 1. The smallest absolute Gasteiger partial charge is 0.352 e. The first kappa shape index (κ1) is 27.0. The predicted octanol–water partition coefficient (Wildman–Crippen LogP) is 4.25. The number of hydrogen-bond donors (Lipinski definition) is 1. The van der Waals surface area contributed by atoms with E-state index in [1.54, 1.807) is 53.7 Å². The molecule has 10 nitrogen and oxygen atoms in total. The zero-order valence-electron chi connectivity index (χ0n) is 21.3. The van der Waals surface area contributed by atoms with Gasteiger partial charge in [-0.1, -0.05) is 23.4 Å². The van der Waals surface area contributed by atoms with E-state index in [1.807, 2.05) is 6.07 Å². The van der Waals surface area contributed by atoms with Crippen LogP contribution in [0.4, 0.5) is 13.2 Å². The van der Waals surface area contributed by atoms with Crippen molar-refractivity contribution in [3.8, 4) is 17.1 Å².